The van der Waals surface area contributed by atoms with Crippen molar-refractivity contribution in [2.45, 2.75) is 18.2 Å². The van der Waals surface area contributed by atoms with Crippen LogP contribution in [0.15, 0.2) is 35.4 Å². The van der Waals surface area contributed by atoms with Crippen molar-refractivity contribution in [3.63, 3.8) is 0 Å². The van der Waals surface area contributed by atoms with Gasteiger partial charge in [-0.3, -0.25) is 8.89 Å². The zero-order chi connectivity index (χ0) is 13.1. The molecule has 0 saturated heterocycles. The fourth-order valence-electron chi connectivity index (χ4n) is 1.75. The first-order valence-corrected chi connectivity index (χ1v) is 7.11. The van der Waals surface area contributed by atoms with E-state index in [1.807, 2.05) is 42.9 Å². The average molecular weight is 263 g/mol. The lowest BCUT2D eigenvalue weighted by molar-refractivity contribution is 0.678. The number of nitrogens with two attached hydrogens (primary N) is 1. The summed E-state index contributed by atoms with van der Waals surface area (Å²) in [6.07, 6.45) is 2.51. The first-order valence-electron chi connectivity index (χ1n) is 5.79. The monoisotopic (exact) mass is 263 g/mol. The van der Waals surface area contributed by atoms with E-state index in [4.69, 9.17) is 5.73 Å². The lowest BCUT2D eigenvalue weighted by Gasteiger charge is -2.06. The van der Waals surface area contributed by atoms with Gasteiger partial charge in [0, 0.05) is 41.7 Å². The predicted octanol–water partition coefficient (Wildman–Crippen LogP) is 1.66. The van der Waals surface area contributed by atoms with E-state index >= 15 is 0 Å². The molecule has 0 radical (unpaired) electrons. The van der Waals surface area contributed by atoms with Crippen LogP contribution in [0.1, 0.15) is 11.3 Å². The van der Waals surface area contributed by atoms with Gasteiger partial charge in [0.2, 0.25) is 0 Å². The Bertz CT molecular complexity index is 577. The topological polar surface area (TPSA) is 60.9 Å². The molecule has 0 aliphatic rings. The number of nitrogen functional groups attached to an aromatic ring is 1. The first kappa shape index (κ1) is 12.8. The summed E-state index contributed by atoms with van der Waals surface area (Å²) >= 11 is 0. The van der Waals surface area contributed by atoms with Crippen LogP contribution in [-0.2, 0) is 24.3 Å². The number of aromatic nitrogens is 2. The zero-order valence-corrected chi connectivity index (χ0v) is 11.4. The largest absolute Gasteiger partial charge is 0.399 e. The summed E-state index contributed by atoms with van der Waals surface area (Å²) in [4.78, 5) is 0.837. The van der Waals surface area contributed by atoms with Crippen molar-refractivity contribution in [1.29, 1.82) is 0 Å². The summed E-state index contributed by atoms with van der Waals surface area (Å²) in [6.45, 7) is 1.93. The summed E-state index contributed by atoms with van der Waals surface area (Å²) in [5, 5.41) is 4.09. The number of hydrogen-bond acceptors (Lipinski definition) is 3. The molecule has 0 bridgehead atoms. The molecule has 0 aliphatic heterocycles. The van der Waals surface area contributed by atoms with E-state index in [0.29, 0.717) is 5.75 Å². The quantitative estimate of drug-likeness (QED) is 0.853. The van der Waals surface area contributed by atoms with Gasteiger partial charge in [-0.15, -0.1) is 0 Å². The van der Waals surface area contributed by atoms with Gasteiger partial charge in [0.05, 0.1) is 10.8 Å². The molecular formula is C13H17N3OS. The fraction of sp³-hybridized carbons (Fsp3) is 0.308. The van der Waals surface area contributed by atoms with E-state index in [9.17, 15) is 4.21 Å². The van der Waals surface area contributed by atoms with Gasteiger partial charge in [0.15, 0.2) is 0 Å². The van der Waals surface area contributed by atoms with Crippen LogP contribution in [-0.4, -0.2) is 19.7 Å². The highest BCUT2D eigenvalue weighted by Gasteiger charge is 2.07. The second-order valence-corrected chi connectivity index (χ2v) is 5.83. The molecule has 1 aromatic carbocycles. The van der Waals surface area contributed by atoms with Crippen LogP contribution in [0.25, 0.3) is 0 Å². The van der Waals surface area contributed by atoms with Crippen LogP contribution in [0.4, 0.5) is 5.69 Å². The SMILES string of the molecule is Cc1cc(S(=O)CCc2ccnn2C)ccc1N. The summed E-state index contributed by atoms with van der Waals surface area (Å²) in [5.41, 5.74) is 8.55. The van der Waals surface area contributed by atoms with Gasteiger partial charge < -0.3 is 5.73 Å². The number of nitrogens with zero attached hydrogens (tertiary/aromatic N) is 2. The van der Waals surface area contributed by atoms with Crippen LogP contribution in [0.2, 0.25) is 0 Å². The lowest BCUT2D eigenvalue weighted by Crippen LogP contribution is -2.06. The standard InChI is InChI=1S/C13H17N3OS/c1-10-9-12(3-4-13(10)14)18(17)8-6-11-5-7-15-16(11)2/h3-5,7,9H,6,8,14H2,1-2H3. The van der Waals surface area contributed by atoms with Crippen LogP contribution >= 0.6 is 0 Å². The molecule has 1 unspecified atom stereocenters. The van der Waals surface area contributed by atoms with Crippen molar-refractivity contribution in [2.75, 3.05) is 11.5 Å². The van der Waals surface area contributed by atoms with Gasteiger partial charge in [-0.05, 0) is 36.8 Å². The van der Waals surface area contributed by atoms with Gasteiger partial charge in [-0.1, -0.05) is 0 Å². The van der Waals surface area contributed by atoms with Crippen molar-refractivity contribution >= 4 is 16.5 Å². The molecule has 4 nitrogen and oxygen atoms in total. The minimum Gasteiger partial charge on any atom is -0.399 e. The van der Waals surface area contributed by atoms with Gasteiger partial charge in [0.25, 0.3) is 0 Å². The highest BCUT2D eigenvalue weighted by atomic mass is 32.2. The van der Waals surface area contributed by atoms with Crippen LogP contribution in [0.3, 0.4) is 0 Å². The molecule has 2 N–H and O–H groups in total. The smallest absolute Gasteiger partial charge is 0.0533 e. The Morgan fingerprint density at radius 2 is 2.17 bits per heavy atom. The number of benzene rings is 1. The average Bonchev–Trinajstić information content (AvgIpc) is 2.75. The van der Waals surface area contributed by atoms with E-state index in [0.717, 1.165) is 28.3 Å². The Kier molecular flexibility index (Phi) is 3.81. The Hall–Kier alpha value is -1.62. The van der Waals surface area contributed by atoms with Gasteiger partial charge in [-0.25, -0.2) is 0 Å². The summed E-state index contributed by atoms with van der Waals surface area (Å²) in [5.74, 6) is 0.600. The zero-order valence-electron chi connectivity index (χ0n) is 10.6. The highest BCUT2D eigenvalue weighted by Crippen LogP contribution is 2.16. The highest BCUT2D eigenvalue weighted by molar-refractivity contribution is 7.85. The predicted molar refractivity (Wildman–Crippen MR) is 73.8 cm³/mol. The maximum atomic E-state index is 12.2. The molecule has 2 aromatic rings. The van der Waals surface area contributed by atoms with Gasteiger partial charge in [0.1, 0.15) is 0 Å². The second-order valence-electron chi connectivity index (χ2n) is 4.26. The summed E-state index contributed by atoms with van der Waals surface area (Å²) in [6, 6.07) is 7.49. The Morgan fingerprint density at radius 1 is 1.39 bits per heavy atom. The van der Waals surface area contributed by atoms with Crippen molar-refractivity contribution in [2.24, 2.45) is 7.05 Å². The third-order valence-corrected chi connectivity index (χ3v) is 4.32. The number of rotatable bonds is 4. The molecule has 0 saturated carbocycles. The first-order chi connectivity index (χ1) is 8.58. The van der Waals surface area contributed by atoms with Crippen LogP contribution in [0.5, 0.6) is 0 Å². The minimum absolute atomic E-state index is 0.600. The fourth-order valence-corrected chi connectivity index (χ4v) is 2.91. The Morgan fingerprint density at radius 3 is 2.78 bits per heavy atom. The Labute approximate surface area is 109 Å². The third kappa shape index (κ3) is 2.79. The van der Waals surface area contributed by atoms with Crippen molar-refractivity contribution < 1.29 is 4.21 Å². The number of aryl methyl sites for hydroxylation is 3. The van der Waals surface area contributed by atoms with Crippen LogP contribution in [0, 0.1) is 6.92 Å². The Balaban J connectivity index is 2.04. The van der Waals surface area contributed by atoms with E-state index < -0.39 is 10.8 Å². The molecule has 0 aliphatic carbocycles. The van der Waals surface area contributed by atoms with E-state index in [-0.39, 0.29) is 0 Å². The minimum atomic E-state index is -0.992. The second kappa shape index (κ2) is 5.35. The molecule has 96 valence electrons. The van der Waals surface area contributed by atoms with Crippen LogP contribution < -0.4 is 5.73 Å². The summed E-state index contributed by atoms with van der Waals surface area (Å²) in [7, 11) is 0.903. The number of anilines is 1. The van der Waals surface area contributed by atoms with Crippen molar-refractivity contribution in [3.8, 4) is 0 Å². The third-order valence-electron chi connectivity index (χ3n) is 2.97. The maximum absolute atomic E-state index is 12.2. The maximum Gasteiger partial charge on any atom is 0.0533 e. The molecule has 0 spiro atoms. The molecule has 1 atom stereocenters. The van der Waals surface area contributed by atoms with Gasteiger partial charge in [-0.2, -0.15) is 5.10 Å². The molecule has 2 rings (SSSR count). The van der Waals surface area contributed by atoms with Gasteiger partial charge >= 0.3 is 0 Å². The molecule has 18 heavy (non-hydrogen) atoms. The molecule has 0 amide bonds. The lowest BCUT2D eigenvalue weighted by atomic mass is 10.2. The molecule has 0 fully saturated rings. The van der Waals surface area contributed by atoms with E-state index in [1.165, 1.54) is 0 Å². The number of hydrogen-bond donors (Lipinski definition) is 1. The van der Waals surface area contributed by atoms with E-state index in [1.54, 1.807) is 6.20 Å². The molecule has 1 heterocycles. The van der Waals surface area contributed by atoms with Crippen molar-refractivity contribution in [1.82, 2.24) is 9.78 Å². The molecule has 1 aromatic heterocycles. The van der Waals surface area contributed by atoms with Crippen molar-refractivity contribution in [3.05, 3.63) is 41.7 Å². The molecular weight excluding hydrogens is 246 g/mol. The normalized spacial score (nSPS) is 12.6. The summed E-state index contributed by atoms with van der Waals surface area (Å²) < 4.78 is 14.0. The molecule has 5 heteroatoms. The van der Waals surface area contributed by atoms with E-state index in [2.05, 4.69) is 5.10 Å².